The van der Waals surface area contributed by atoms with Gasteiger partial charge in [-0.05, 0) is 40.2 Å². The van der Waals surface area contributed by atoms with Gasteiger partial charge in [-0.25, -0.2) is 44.9 Å². The Hall–Kier alpha value is -8.56. The average Bonchev–Trinajstić information content (AvgIpc) is 3.93. The Kier molecular flexibility index (Phi) is 26.0. The maximum Gasteiger partial charge on any atom is 0.471 e. The molecule has 0 aromatic carbocycles. The molecule has 0 amide bonds. The smallest absolute Gasteiger partial charge is 0.382 e. The zero-order valence-corrected chi connectivity index (χ0v) is 52.7. The van der Waals surface area contributed by atoms with Crippen molar-refractivity contribution in [2.75, 3.05) is 110 Å². The van der Waals surface area contributed by atoms with Crippen molar-refractivity contribution >= 4 is 109 Å². The van der Waals surface area contributed by atoms with Gasteiger partial charge in [0.25, 0.3) is 0 Å². The summed E-state index contributed by atoms with van der Waals surface area (Å²) in [4.78, 5) is 68.0. The van der Waals surface area contributed by atoms with Gasteiger partial charge in [-0.15, -0.1) is 22.7 Å². The summed E-state index contributed by atoms with van der Waals surface area (Å²) >= 11 is 9.05. The molecule has 3 fully saturated rings. The van der Waals surface area contributed by atoms with Crippen molar-refractivity contribution < 1.29 is 49.6 Å². The third-order valence-electron chi connectivity index (χ3n) is 11.9. The van der Waals surface area contributed by atoms with Crippen LogP contribution in [0.4, 0.5) is 72.9 Å². The van der Waals surface area contributed by atoms with Crippen LogP contribution in [0, 0.1) is 0 Å². The molecule has 0 saturated carbocycles. The number of hydrogen-bond donors (Lipinski definition) is 2. The highest BCUT2D eigenvalue weighted by Crippen LogP contribution is 2.35. The number of nitrogens with zero attached hydrogens (tertiary/aromatic N) is 20. The minimum absolute atomic E-state index is 0.0375. The maximum absolute atomic E-state index is 12.8. The Morgan fingerprint density at radius 3 is 1.38 bits per heavy atom. The van der Waals surface area contributed by atoms with Gasteiger partial charge in [0.05, 0.1) is 120 Å². The van der Waals surface area contributed by atoms with E-state index in [1.54, 1.807) is 111 Å². The lowest BCUT2D eigenvalue weighted by molar-refractivity contribution is -0.160. The first-order valence-corrected chi connectivity index (χ1v) is 30.5. The SMILES string of the molecule is Brc1cnc(N2CCOCC2)cn1.FC(F)(F)c1nc(-c2ccc(CBr)s2)no1.FC(F)(F)c1nc(-c2ccc(CN(c3cnccn3)c3cnc(N4CCOCC4)cn3)s2)no1.Nc1cnccn1.[B]C.c1cnc(Nc2cnc(N3CCOCC3)cn2)cn1. The lowest BCUT2D eigenvalue weighted by Crippen LogP contribution is -2.36. The summed E-state index contributed by atoms with van der Waals surface area (Å²) in [7, 11) is 4.50. The number of rotatable bonds is 12. The quantitative estimate of drug-likeness (QED) is 0.0653. The van der Waals surface area contributed by atoms with E-state index in [2.05, 4.69) is 149 Å². The molecule has 10 aromatic rings. The van der Waals surface area contributed by atoms with Crippen molar-refractivity contribution in [2.45, 2.75) is 31.1 Å². The minimum atomic E-state index is -4.69. The molecule has 0 atom stereocenters. The molecular formula is C53H53BBr2F6N22O5S2. The fourth-order valence-corrected chi connectivity index (χ4v) is 10.2. The molecule has 0 bridgehead atoms. The molecule has 0 spiro atoms. The highest BCUT2D eigenvalue weighted by atomic mass is 79.9. The summed E-state index contributed by atoms with van der Waals surface area (Å²) in [6, 6.07) is 6.88. The molecule has 91 heavy (non-hydrogen) atoms. The number of nitrogens with one attached hydrogen (secondary N) is 1. The van der Waals surface area contributed by atoms with Crippen molar-refractivity contribution in [3.05, 3.63) is 143 Å². The number of thiophene rings is 2. The van der Waals surface area contributed by atoms with E-state index < -0.39 is 24.1 Å². The number of halogens is 8. The Morgan fingerprint density at radius 2 is 0.989 bits per heavy atom. The summed E-state index contributed by atoms with van der Waals surface area (Å²) in [6.07, 6.45) is 15.2. The number of morpholine rings is 3. The predicted molar refractivity (Wildman–Crippen MR) is 332 cm³/mol. The van der Waals surface area contributed by atoms with Gasteiger partial charge in [-0.3, -0.25) is 15.0 Å². The van der Waals surface area contributed by atoms with E-state index in [0.717, 1.165) is 97.5 Å². The van der Waals surface area contributed by atoms with E-state index in [9.17, 15) is 26.3 Å². The van der Waals surface area contributed by atoms with Crippen LogP contribution in [0.3, 0.4) is 0 Å². The number of aromatic nitrogens is 16. The second-order valence-corrected chi connectivity index (χ2v) is 21.7. The summed E-state index contributed by atoms with van der Waals surface area (Å²) in [5.74, 6) is 2.54. The largest absolute Gasteiger partial charge is 0.471 e. The first-order valence-electron chi connectivity index (χ1n) is 27.0. The molecule has 10 aromatic heterocycles. The van der Waals surface area contributed by atoms with Gasteiger partial charge in [0, 0.05) is 91.5 Å². The maximum atomic E-state index is 12.8. The minimum Gasteiger partial charge on any atom is -0.382 e. The normalized spacial score (nSPS) is 13.9. The molecule has 3 saturated heterocycles. The first-order chi connectivity index (χ1) is 44.1. The molecule has 476 valence electrons. The zero-order chi connectivity index (χ0) is 64.4. The summed E-state index contributed by atoms with van der Waals surface area (Å²) in [5, 5.41) is 10.4. The van der Waals surface area contributed by atoms with E-state index in [4.69, 9.17) is 19.9 Å². The zero-order valence-electron chi connectivity index (χ0n) is 47.8. The van der Waals surface area contributed by atoms with Crippen LogP contribution in [0.5, 0.6) is 0 Å². The van der Waals surface area contributed by atoms with Crippen LogP contribution in [-0.2, 0) is 38.4 Å². The standard InChI is InChI=1S/C20H17F3N8O2S.C12H14N6O.C8H4BrF3N2OS.C8H10BrN3O.C4H5N3.CH3B/c21-20(22,23)19-28-18(29-33-19)14-2-1-13(34-14)12-31(16-9-24-3-4-25-16)17-11-26-15(10-27-17)30-5-7-32-8-6-30;1-2-14-10(7-13-1)17-11-8-16-12(9-15-11)18-3-5-19-6-4-18;9-3-4-1-2-5(16-4)6-13-7(15-14-6)8(10,11)12;9-7-5-11-8(6-10-7)12-1-3-13-4-2-12;5-4-3-6-1-2-7-4;1-2/h1-4,9-11H,5-8,12H2;1-2,7-9H,3-6H2,(H,14,15,17);1-2H,3H2;5-6H,1-4H2;1-3H,(H2,5,7);1H3. The monoisotopic (exact) mass is 1420 g/mol. The number of alkyl halides is 7. The number of hydrogen-bond acceptors (Lipinski definition) is 29. The summed E-state index contributed by atoms with van der Waals surface area (Å²) in [5.41, 5.74) is 5.18. The van der Waals surface area contributed by atoms with E-state index >= 15 is 0 Å². The van der Waals surface area contributed by atoms with Crippen LogP contribution in [0.25, 0.3) is 21.4 Å². The van der Waals surface area contributed by atoms with Crippen LogP contribution in [-0.4, -0.2) is 167 Å². The lowest BCUT2D eigenvalue weighted by atomic mass is 10.2. The van der Waals surface area contributed by atoms with Crippen LogP contribution in [0.1, 0.15) is 21.5 Å². The van der Waals surface area contributed by atoms with Gasteiger partial charge in [0.15, 0.2) is 11.6 Å². The summed E-state index contributed by atoms with van der Waals surface area (Å²) < 4.78 is 100. The van der Waals surface area contributed by atoms with E-state index in [1.165, 1.54) is 35.7 Å². The van der Waals surface area contributed by atoms with Gasteiger partial charge < -0.3 is 53.9 Å². The molecule has 27 nitrogen and oxygen atoms in total. The topological polar surface area (TPSA) is 311 Å². The molecule has 3 aliphatic heterocycles. The number of ether oxygens (including phenoxy) is 3. The fourth-order valence-electron chi connectivity index (χ4n) is 7.71. The number of nitrogen functional groups attached to an aromatic ring is 1. The molecule has 3 aliphatic rings. The van der Waals surface area contributed by atoms with Crippen molar-refractivity contribution in [3.63, 3.8) is 0 Å². The average molecular weight is 1430 g/mol. The van der Waals surface area contributed by atoms with Gasteiger partial charge in [-0.1, -0.05) is 33.1 Å². The Morgan fingerprint density at radius 1 is 0.527 bits per heavy atom. The Bertz CT molecular complexity index is 3680. The predicted octanol–water partition coefficient (Wildman–Crippen LogP) is 9.47. The number of nitrogens with two attached hydrogens (primary N) is 1. The van der Waals surface area contributed by atoms with Crippen LogP contribution >= 0.6 is 54.5 Å². The first kappa shape index (κ1) is 68.4. The molecule has 13 rings (SSSR count). The Labute approximate surface area is 541 Å². The van der Waals surface area contributed by atoms with E-state index in [0.29, 0.717) is 63.9 Å². The second-order valence-electron chi connectivity index (χ2n) is 18.0. The molecule has 2 radical (unpaired) electrons. The highest BCUT2D eigenvalue weighted by molar-refractivity contribution is 9.10. The second kappa shape index (κ2) is 34.6. The summed E-state index contributed by atoms with van der Waals surface area (Å²) in [6.45, 7) is 11.1. The highest BCUT2D eigenvalue weighted by Gasteiger charge is 2.39. The number of anilines is 8. The van der Waals surface area contributed by atoms with Crippen molar-refractivity contribution in [1.29, 1.82) is 0 Å². The molecular weight excluding hydrogens is 1370 g/mol. The van der Waals surface area contributed by atoms with Crippen molar-refractivity contribution in [1.82, 2.24) is 80.1 Å². The van der Waals surface area contributed by atoms with Crippen LogP contribution < -0.4 is 30.7 Å². The van der Waals surface area contributed by atoms with E-state index in [-0.39, 0.29) is 11.6 Å². The third kappa shape index (κ3) is 21.3. The molecule has 3 N–H and O–H groups in total. The molecule has 38 heteroatoms. The van der Waals surface area contributed by atoms with Crippen molar-refractivity contribution in [2.24, 2.45) is 0 Å². The van der Waals surface area contributed by atoms with Gasteiger partial charge in [0.1, 0.15) is 39.5 Å². The molecule has 0 aliphatic carbocycles. The van der Waals surface area contributed by atoms with Crippen LogP contribution in [0.15, 0.2) is 131 Å². The van der Waals surface area contributed by atoms with E-state index in [1.807, 2.05) is 4.90 Å². The molecule has 0 unspecified atom stereocenters. The van der Waals surface area contributed by atoms with Gasteiger partial charge in [0.2, 0.25) is 11.6 Å². The third-order valence-corrected chi connectivity index (χ3v) is 15.5. The van der Waals surface area contributed by atoms with Crippen molar-refractivity contribution in [3.8, 4) is 21.4 Å². The lowest BCUT2D eigenvalue weighted by Gasteiger charge is -2.28. The van der Waals surface area contributed by atoms with Gasteiger partial charge in [-0.2, -0.15) is 36.3 Å². The Balaban J connectivity index is 0.000000159. The fraction of sp³-hybridized carbons (Fsp3) is 0.321. The van der Waals surface area contributed by atoms with Crippen LogP contribution in [0.2, 0.25) is 6.82 Å². The van der Waals surface area contributed by atoms with Gasteiger partial charge >= 0.3 is 24.1 Å². The molecule has 13 heterocycles.